The van der Waals surface area contributed by atoms with Crippen LogP contribution in [0.2, 0.25) is 0 Å². The van der Waals surface area contributed by atoms with Gasteiger partial charge in [-0.3, -0.25) is 4.79 Å². The monoisotopic (exact) mass is 231 g/mol. The van der Waals surface area contributed by atoms with Gasteiger partial charge < -0.3 is 15.9 Å². The number of hydrogen-bond donors (Lipinski definition) is 3. The van der Waals surface area contributed by atoms with Crippen molar-refractivity contribution in [1.29, 1.82) is 0 Å². The van der Waals surface area contributed by atoms with Gasteiger partial charge in [-0.15, -0.1) is 0 Å². The van der Waals surface area contributed by atoms with Gasteiger partial charge in [-0.25, -0.2) is 8.78 Å². The fourth-order valence-corrected chi connectivity index (χ4v) is 1.27. The molecule has 1 aromatic carbocycles. The third-order valence-electron chi connectivity index (χ3n) is 2.13. The fraction of sp³-hybridized carbons (Fsp3) is 0.300. The molecular weight excluding hydrogens is 220 g/mol. The molecule has 6 heteroatoms. The van der Waals surface area contributed by atoms with Crippen LogP contribution in [0.3, 0.4) is 0 Å². The van der Waals surface area contributed by atoms with E-state index in [9.17, 15) is 13.6 Å². The topological polar surface area (TPSA) is 83.6 Å². The van der Waals surface area contributed by atoms with Crippen LogP contribution in [0.1, 0.15) is 24.4 Å². The molecule has 1 rings (SSSR count). The van der Waals surface area contributed by atoms with Crippen molar-refractivity contribution in [2.24, 2.45) is 5.73 Å². The summed E-state index contributed by atoms with van der Waals surface area (Å²) in [5, 5.41) is 17.5. The molecule has 0 amide bonds. The first kappa shape index (κ1) is 12.4. The first-order valence-electron chi connectivity index (χ1n) is 4.57. The van der Waals surface area contributed by atoms with Gasteiger partial charge in [0.25, 0.3) is 0 Å². The molecule has 0 spiro atoms. The summed E-state index contributed by atoms with van der Waals surface area (Å²) >= 11 is 0. The van der Waals surface area contributed by atoms with E-state index < -0.39 is 29.4 Å². The summed E-state index contributed by atoms with van der Waals surface area (Å²) in [6, 6.07) is 0.505. The normalized spacial score (nSPS) is 12.4. The Morgan fingerprint density at radius 3 is 2.56 bits per heavy atom. The van der Waals surface area contributed by atoms with E-state index in [1.807, 2.05) is 0 Å². The molecule has 16 heavy (non-hydrogen) atoms. The van der Waals surface area contributed by atoms with Crippen LogP contribution in [0.15, 0.2) is 12.1 Å². The van der Waals surface area contributed by atoms with Crippen molar-refractivity contribution < 1.29 is 23.8 Å². The number of phenols is 1. The second-order valence-electron chi connectivity index (χ2n) is 3.36. The van der Waals surface area contributed by atoms with E-state index in [-0.39, 0.29) is 18.4 Å². The predicted octanol–water partition coefficient (Wildman–Crippen LogP) is 1.53. The van der Waals surface area contributed by atoms with Crippen molar-refractivity contribution in [3.8, 4) is 5.75 Å². The average molecular weight is 231 g/mol. The third kappa shape index (κ3) is 2.90. The zero-order valence-electron chi connectivity index (χ0n) is 8.28. The number of nitrogens with two attached hydrogens (primary N) is 1. The van der Waals surface area contributed by atoms with Crippen LogP contribution in [-0.2, 0) is 4.79 Å². The smallest absolute Gasteiger partial charge is 0.303 e. The molecule has 0 aliphatic rings. The quantitative estimate of drug-likeness (QED) is 0.733. The Balaban J connectivity index is 2.86. The maximum absolute atomic E-state index is 13.2. The van der Waals surface area contributed by atoms with Crippen LogP contribution < -0.4 is 5.73 Å². The van der Waals surface area contributed by atoms with E-state index >= 15 is 0 Å². The summed E-state index contributed by atoms with van der Waals surface area (Å²) in [7, 11) is 0. The molecule has 1 aromatic rings. The van der Waals surface area contributed by atoms with Gasteiger partial charge in [0.2, 0.25) is 0 Å². The lowest BCUT2D eigenvalue weighted by atomic mass is 10.0. The number of carboxylic acid groups (broad SMARTS) is 1. The highest BCUT2D eigenvalue weighted by Crippen LogP contribution is 2.25. The molecule has 0 aliphatic carbocycles. The highest BCUT2D eigenvalue weighted by Gasteiger charge is 2.16. The molecule has 88 valence electrons. The second-order valence-corrected chi connectivity index (χ2v) is 3.36. The molecule has 0 heterocycles. The minimum Gasteiger partial charge on any atom is -0.505 e. The van der Waals surface area contributed by atoms with E-state index in [1.165, 1.54) is 0 Å². The largest absolute Gasteiger partial charge is 0.505 e. The van der Waals surface area contributed by atoms with E-state index in [2.05, 4.69) is 0 Å². The number of aliphatic carboxylic acids is 1. The first-order chi connectivity index (χ1) is 7.41. The van der Waals surface area contributed by atoms with Gasteiger partial charge in [0, 0.05) is 24.1 Å². The van der Waals surface area contributed by atoms with Gasteiger partial charge in [-0.2, -0.15) is 0 Å². The Morgan fingerprint density at radius 1 is 1.38 bits per heavy atom. The molecule has 0 saturated carbocycles. The zero-order chi connectivity index (χ0) is 12.3. The summed E-state index contributed by atoms with van der Waals surface area (Å²) in [5.41, 5.74) is 5.43. The summed E-state index contributed by atoms with van der Waals surface area (Å²) in [6.45, 7) is 0. The van der Waals surface area contributed by atoms with Crippen LogP contribution in [0.25, 0.3) is 0 Å². The van der Waals surface area contributed by atoms with Crippen molar-refractivity contribution in [1.82, 2.24) is 0 Å². The third-order valence-corrected chi connectivity index (χ3v) is 2.13. The predicted molar refractivity (Wildman–Crippen MR) is 51.8 cm³/mol. The van der Waals surface area contributed by atoms with Gasteiger partial charge in [0.05, 0.1) is 0 Å². The Labute approximate surface area is 90.3 Å². The Bertz CT molecular complexity index is 409. The molecule has 0 aliphatic heterocycles. The molecule has 1 unspecified atom stereocenters. The Kier molecular flexibility index (Phi) is 3.78. The van der Waals surface area contributed by atoms with Gasteiger partial charge in [0.15, 0.2) is 11.6 Å². The molecule has 0 saturated heterocycles. The highest BCUT2D eigenvalue weighted by atomic mass is 19.1. The van der Waals surface area contributed by atoms with Crippen molar-refractivity contribution in [2.45, 2.75) is 18.9 Å². The minimum absolute atomic E-state index is 0.0112. The fourth-order valence-electron chi connectivity index (χ4n) is 1.27. The minimum atomic E-state index is -1.08. The van der Waals surface area contributed by atoms with E-state index in [0.717, 1.165) is 6.07 Å². The molecule has 4 N–H and O–H groups in total. The number of phenolic OH excluding ortho intramolecular Hbond substituents is 1. The van der Waals surface area contributed by atoms with Gasteiger partial charge in [0.1, 0.15) is 5.82 Å². The SMILES string of the molecule is NC(CCC(=O)O)c1cc(O)c(F)cc1F. The number of carboxylic acids is 1. The van der Waals surface area contributed by atoms with Crippen LogP contribution in [0.4, 0.5) is 8.78 Å². The number of rotatable bonds is 4. The number of aromatic hydroxyl groups is 1. The summed E-state index contributed by atoms with van der Waals surface area (Å²) < 4.78 is 25.9. The van der Waals surface area contributed by atoms with E-state index in [4.69, 9.17) is 15.9 Å². The van der Waals surface area contributed by atoms with Crippen molar-refractivity contribution in [3.05, 3.63) is 29.3 Å². The molecule has 4 nitrogen and oxygen atoms in total. The molecule has 0 bridgehead atoms. The lowest BCUT2D eigenvalue weighted by molar-refractivity contribution is -0.137. The molecular formula is C10H11F2NO3. The number of halogens is 2. The average Bonchev–Trinajstić information content (AvgIpc) is 2.20. The van der Waals surface area contributed by atoms with Gasteiger partial charge in [-0.1, -0.05) is 0 Å². The number of hydrogen-bond acceptors (Lipinski definition) is 3. The van der Waals surface area contributed by atoms with Crippen molar-refractivity contribution in [2.75, 3.05) is 0 Å². The van der Waals surface area contributed by atoms with Crippen molar-refractivity contribution in [3.63, 3.8) is 0 Å². The van der Waals surface area contributed by atoms with Crippen molar-refractivity contribution >= 4 is 5.97 Å². The summed E-state index contributed by atoms with van der Waals surface area (Å²) in [5.74, 6) is -3.73. The molecule has 0 fully saturated rings. The zero-order valence-corrected chi connectivity index (χ0v) is 8.28. The lowest BCUT2D eigenvalue weighted by Gasteiger charge is -2.12. The van der Waals surface area contributed by atoms with Crippen LogP contribution in [0.5, 0.6) is 5.75 Å². The highest BCUT2D eigenvalue weighted by molar-refractivity contribution is 5.66. The summed E-state index contributed by atoms with van der Waals surface area (Å²) in [6.07, 6.45) is -0.212. The van der Waals surface area contributed by atoms with Crippen LogP contribution in [0, 0.1) is 11.6 Å². The Morgan fingerprint density at radius 2 is 2.00 bits per heavy atom. The maximum Gasteiger partial charge on any atom is 0.303 e. The first-order valence-corrected chi connectivity index (χ1v) is 4.57. The molecule has 0 aromatic heterocycles. The van der Waals surface area contributed by atoms with E-state index in [0.29, 0.717) is 6.07 Å². The Hall–Kier alpha value is -1.69. The van der Waals surface area contributed by atoms with Crippen LogP contribution in [-0.4, -0.2) is 16.2 Å². The van der Waals surface area contributed by atoms with Gasteiger partial charge in [-0.05, 0) is 12.5 Å². The van der Waals surface area contributed by atoms with E-state index in [1.54, 1.807) is 0 Å². The molecule has 1 atom stereocenters. The van der Waals surface area contributed by atoms with Crippen LogP contribution >= 0.6 is 0 Å². The van der Waals surface area contributed by atoms with Gasteiger partial charge >= 0.3 is 5.97 Å². The summed E-state index contributed by atoms with van der Waals surface area (Å²) in [4.78, 5) is 10.3. The number of carbonyl (C=O) groups is 1. The maximum atomic E-state index is 13.2. The standard InChI is InChI=1S/C10H11F2NO3/c11-6-4-7(12)9(14)3-5(6)8(13)1-2-10(15)16/h3-4,8,14H,1-2,13H2,(H,15,16). The molecule has 0 radical (unpaired) electrons. The number of benzene rings is 1. The second kappa shape index (κ2) is 4.89. The lowest BCUT2D eigenvalue weighted by Crippen LogP contribution is -2.14.